The summed E-state index contributed by atoms with van der Waals surface area (Å²) in [7, 11) is 0. The number of imide groups is 1. The van der Waals surface area contributed by atoms with Gasteiger partial charge in [-0.15, -0.1) is 0 Å². The number of rotatable bonds is 5. The highest BCUT2D eigenvalue weighted by Crippen LogP contribution is 2.27. The molecule has 0 atom stereocenters. The van der Waals surface area contributed by atoms with E-state index in [0.29, 0.717) is 28.1 Å². The summed E-state index contributed by atoms with van der Waals surface area (Å²) in [4.78, 5) is 51.0. The van der Waals surface area contributed by atoms with Gasteiger partial charge in [0.15, 0.2) is 0 Å². The summed E-state index contributed by atoms with van der Waals surface area (Å²) in [6.45, 7) is 5.23. The minimum absolute atomic E-state index is 0.247. The van der Waals surface area contributed by atoms with Crippen molar-refractivity contribution in [1.82, 2.24) is 0 Å². The van der Waals surface area contributed by atoms with Crippen LogP contribution in [0.2, 0.25) is 0 Å². The molecule has 5 rings (SSSR count). The Labute approximate surface area is 218 Å². The molecule has 7 nitrogen and oxygen atoms in total. The fraction of sp³-hybridized carbons (Fsp3) is 0.0968. The summed E-state index contributed by atoms with van der Waals surface area (Å²) in [6, 6.07) is 23.5. The second-order valence-electron chi connectivity index (χ2n) is 9.06. The summed E-state index contributed by atoms with van der Waals surface area (Å²) in [5.74, 6) is -1.29. The Kier molecular flexibility index (Phi) is 6.34. The molecule has 38 heavy (non-hydrogen) atoms. The number of ether oxygens (including phenoxy) is 2. The number of benzene rings is 4. The van der Waals surface area contributed by atoms with Crippen LogP contribution >= 0.6 is 0 Å². The predicted octanol–water partition coefficient (Wildman–Crippen LogP) is 5.80. The van der Waals surface area contributed by atoms with Gasteiger partial charge >= 0.3 is 11.9 Å². The SMILES string of the molecule is CC1=C(C)C(=O)N(c2ccc(C(=O)Oc3ccc(OC(=O)c4ccc5cc(C)ccc5c4)cc3)cc2)C1=O. The second-order valence-corrected chi connectivity index (χ2v) is 9.06. The Hall–Kier alpha value is -5.04. The maximum atomic E-state index is 12.6. The molecule has 2 amide bonds. The third kappa shape index (κ3) is 4.69. The zero-order valence-electron chi connectivity index (χ0n) is 21.0. The van der Waals surface area contributed by atoms with Crippen molar-refractivity contribution >= 4 is 40.2 Å². The number of aryl methyl sites for hydroxylation is 1. The van der Waals surface area contributed by atoms with Gasteiger partial charge in [-0.2, -0.15) is 0 Å². The molecule has 0 spiro atoms. The van der Waals surface area contributed by atoms with Crippen LogP contribution in [0.4, 0.5) is 5.69 Å². The Balaban J connectivity index is 1.21. The second kappa shape index (κ2) is 9.78. The monoisotopic (exact) mass is 505 g/mol. The van der Waals surface area contributed by atoms with E-state index in [1.807, 2.05) is 31.2 Å². The highest BCUT2D eigenvalue weighted by molar-refractivity contribution is 6.32. The molecular weight excluding hydrogens is 482 g/mol. The van der Waals surface area contributed by atoms with Crippen molar-refractivity contribution in [2.24, 2.45) is 0 Å². The molecular formula is C31H23NO6. The number of carbonyl (C=O) groups excluding carboxylic acids is 4. The van der Waals surface area contributed by atoms with E-state index in [0.717, 1.165) is 21.2 Å². The van der Waals surface area contributed by atoms with E-state index in [-0.39, 0.29) is 23.1 Å². The largest absolute Gasteiger partial charge is 0.423 e. The molecule has 4 aromatic rings. The lowest BCUT2D eigenvalue weighted by Crippen LogP contribution is -2.31. The maximum absolute atomic E-state index is 12.6. The number of esters is 2. The quantitative estimate of drug-likeness (QED) is 0.194. The summed E-state index contributed by atoms with van der Waals surface area (Å²) in [6.07, 6.45) is 0. The van der Waals surface area contributed by atoms with Crippen LogP contribution in [-0.4, -0.2) is 23.8 Å². The number of nitrogens with zero attached hydrogens (tertiary/aromatic N) is 1. The third-order valence-corrected chi connectivity index (χ3v) is 6.45. The van der Waals surface area contributed by atoms with Gasteiger partial charge in [0.1, 0.15) is 11.5 Å². The van der Waals surface area contributed by atoms with E-state index in [1.54, 1.807) is 26.0 Å². The molecule has 188 valence electrons. The van der Waals surface area contributed by atoms with E-state index in [4.69, 9.17) is 9.47 Å². The van der Waals surface area contributed by atoms with Gasteiger partial charge in [0.25, 0.3) is 11.8 Å². The average Bonchev–Trinajstić information content (AvgIpc) is 3.11. The molecule has 0 unspecified atom stereocenters. The first kappa shape index (κ1) is 24.6. The zero-order valence-corrected chi connectivity index (χ0v) is 21.0. The Bertz CT molecular complexity index is 1620. The van der Waals surface area contributed by atoms with Crippen molar-refractivity contribution in [2.45, 2.75) is 20.8 Å². The fourth-order valence-electron chi connectivity index (χ4n) is 4.13. The Morgan fingerprint density at radius 3 is 1.63 bits per heavy atom. The highest BCUT2D eigenvalue weighted by atomic mass is 16.5. The minimum Gasteiger partial charge on any atom is -0.423 e. The normalized spacial score (nSPS) is 13.3. The van der Waals surface area contributed by atoms with Crippen molar-refractivity contribution in [1.29, 1.82) is 0 Å². The van der Waals surface area contributed by atoms with Crippen LogP contribution in [0.15, 0.2) is 96.1 Å². The average molecular weight is 506 g/mol. The van der Waals surface area contributed by atoms with Crippen molar-refractivity contribution in [3.05, 3.63) is 113 Å². The first-order valence-corrected chi connectivity index (χ1v) is 11.9. The summed E-state index contributed by atoms with van der Waals surface area (Å²) in [5, 5.41) is 1.99. The number of amides is 2. The first-order chi connectivity index (χ1) is 18.2. The van der Waals surface area contributed by atoms with Gasteiger partial charge in [-0.1, -0.05) is 29.8 Å². The van der Waals surface area contributed by atoms with Crippen LogP contribution in [-0.2, 0) is 9.59 Å². The van der Waals surface area contributed by atoms with Crippen LogP contribution in [0, 0.1) is 6.92 Å². The molecule has 0 aliphatic carbocycles. The number of hydrogen-bond acceptors (Lipinski definition) is 6. The molecule has 0 aromatic heterocycles. The molecule has 7 heteroatoms. The molecule has 1 aliphatic rings. The minimum atomic E-state index is -0.614. The van der Waals surface area contributed by atoms with E-state index >= 15 is 0 Å². The van der Waals surface area contributed by atoms with Gasteiger partial charge in [0.2, 0.25) is 0 Å². The van der Waals surface area contributed by atoms with E-state index in [9.17, 15) is 19.2 Å². The van der Waals surface area contributed by atoms with Crippen LogP contribution in [0.1, 0.15) is 40.1 Å². The molecule has 1 heterocycles. The standard InChI is InChI=1S/C31H23NO6/c1-18-4-5-23-17-24(7-6-22(23)16-18)31(36)38-27-14-12-26(13-15-27)37-30(35)21-8-10-25(11-9-21)32-28(33)19(2)20(3)29(32)34/h4-17H,1-3H3. The molecule has 0 N–H and O–H groups in total. The molecule has 0 radical (unpaired) electrons. The lowest BCUT2D eigenvalue weighted by atomic mass is 10.0. The third-order valence-electron chi connectivity index (χ3n) is 6.45. The number of carbonyl (C=O) groups is 4. The molecule has 0 saturated carbocycles. The summed E-state index contributed by atoms with van der Waals surface area (Å²) < 4.78 is 10.9. The highest BCUT2D eigenvalue weighted by Gasteiger charge is 2.34. The number of hydrogen-bond donors (Lipinski definition) is 0. The van der Waals surface area contributed by atoms with Gasteiger partial charge in [-0.3, -0.25) is 9.59 Å². The van der Waals surface area contributed by atoms with E-state index in [2.05, 4.69) is 0 Å². The van der Waals surface area contributed by atoms with Gasteiger partial charge < -0.3 is 9.47 Å². The molecule has 4 aromatic carbocycles. The van der Waals surface area contributed by atoms with Gasteiger partial charge in [0.05, 0.1) is 16.8 Å². The first-order valence-electron chi connectivity index (χ1n) is 11.9. The maximum Gasteiger partial charge on any atom is 0.343 e. The zero-order chi connectivity index (χ0) is 27.0. The van der Waals surface area contributed by atoms with Crippen molar-refractivity contribution < 1.29 is 28.7 Å². The molecule has 0 bridgehead atoms. The predicted molar refractivity (Wildman–Crippen MR) is 142 cm³/mol. The van der Waals surface area contributed by atoms with Crippen LogP contribution in [0.25, 0.3) is 10.8 Å². The summed E-state index contributed by atoms with van der Waals surface area (Å²) >= 11 is 0. The Morgan fingerprint density at radius 2 is 1.05 bits per heavy atom. The van der Waals surface area contributed by atoms with Gasteiger partial charge in [-0.05, 0) is 92.2 Å². The number of fused-ring (bicyclic) bond motifs is 1. The van der Waals surface area contributed by atoms with Gasteiger partial charge in [-0.25, -0.2) is 14.5 Å². The molecule has 0 saturated heterocycles. The lowest BCUT2D eigenvalue weighted by Gasteiger charge is -2.15. The number of anilines is 1. The van der Waals surface area contributed by atoms with E-state index in [1.165, 1.54) is 48.5 Å². The van der Waals surface area contributed by atoms with Crippen LogP contribution in [0.3, 0.4) is 0 Å². The van der Waals surface area contributed by atoms with Crippen LogP contribution < -0.4 is 14.4 Å². The smallest absolute Gasteiger partial charge is 0.343 e. The lowest BCUT2D eigenvalue weighted by molar-refractivity contribution is -0.120. The van der Waals surface area contributed by atoms with Crippen molar-refractivity contribution in [3.8, 4) is 11.5 Å². The van der Waals surface area contributed by atoms with E-state index < -0.39 is 11.9 Å². The van der Waals surface area contributed by atoms with Crippen LogP contribution in [0.5, 0.6) is 11.5 Å². The Morgan fingerprint density at radius 1 is 0.579 bits per heavy atom. The molecule has 0 fully saturated rings. The van der Waals surface area contributed by atoms with Gasteiger partial charge in [0, 0.05) is 11.1 Å². The fourth-order valence-corrected chi connectivity index (χ4v) is 4.13. The molecule has 1 aliphatic heterocycles. The summed E-state index contributed by atoms with van der Waals surface area (Å²) in [5.41, 5.74) is 3.00. The van der Waals surface area contributed by atoms with Crippen molar-refractivity contribution in [3.63, 3.8) is 0 Å². The topological polar surface area (TPSA) is 90.0 Å². The van der Waals surface area contributed by atoms with Crippen molar-refractivity contribution in [2.75, 3.05) is 4.90 Å².